The Labute approximate surface area is 81.2 Å². The Morgan fingerprint density at radius 3 is 2.85 bits per heavy atom. The largest absolute Gasteiger partial charge is 0.481 e. The highest BCUT2D eigenvalue weighted by atomic mass is 32.2. The lowest BCUT2D eigenvalue weighted by molar-refractivity contribution is -0.133. The van der Waals surface area contributed by atoms with Gasteiger partial charge < -0.3 is 5.11 Å². The summed E-state index contributed by atoms with van der Waals surface area (Å²) >= 11 is 1.25. The highest BCUT2D eigenvalue weighted by Gasteiger charge is 2.03. The summed E-state index contributed by atoms with van der Waals surface area (Å²) in [4.78, 5) is 14.5. The van der Waals surface area contributed by atoms with Crippen molar-refractivity contribution in [2.75, 3.05) is 5.75 Å². The van der Waals surface area contributed by atoms with Gasteiger partial charge in [-0.15, -0.1) is 0 Å². The van der Waals surface area contributed by atoms with Crippen LogP contribution in [0.15, 0.2) is 17.3 Å². The molecular weight excluding hydrogens is 186 g/mol. The van der Waals surface area contributed by atoms with Crippen LogP contribution in [0.4, 0.5) is 0 Å². The predicted molar refractivity (Wildman–Crippen MR) is 52.1 cm³/mol. The lowest BCUT2D eigenvalue weighted by Gasteiger charge is -2.02. The van der Waals surface area contributed by atoms with Crippen molar-refractivity contribution in [2.24, 2.45) is 0 Å². The Morgan fingerprint density at radius 1 is 1.62 bits per heavy atom. The molecular formula is C9H11NO2S. The van der Waals surface area contributed by atoms with Crippen molar-refractivity contribution in [3.63, 3.8) is 0 Å². The normalized spacial score (nSPS) is 10.0. The summed E-state index contributed by atoms with van der Waals surface area (Å²) in [6.45, 7) is 3.90. The molecule has 3 nitrogen and oxygen atoms in total. The van der Waals surface area contributed by atoms with Gasteiger partial charge in [0.25, 0.3) is 0 Å². The number of hydrogen-bond acceptors (Lipinski definition) is 3. The van der Waals surface area contributed by atoms with Crippen LogP contribution in [0, 0.1) is 13.8 Å². The summed E-state index contributed by atoms with van der Waals surface area (Å²) < 4.78 is 0. The maximum atomic E-state index is 10.3. The lowest BCUT2D eigenvalue weighted by atomic mass is 10.2. The number of carboxylic acid groups (broad SMARTS) is 1. The number of pyridine rings is 1. The van der Waals surface area contributed by atoms with E-state index in [0.29, 0.717) is 0 Å². The van der Waals surface area contributed by atoms with Gasteiger partial charge >= 0.3 is 5.97 Å². The van der Waals surface area contributed by atoms with Crippen LogP contribution in [0.2, 0.25) is 0 Å². The molecule has 0 atom stereocenters. The SMILES string of the molecule is Cc1cnc(SCC(=O)O)c(C)c1. The second-order valence-corrected chi connectivity index (χ2v) is 3.78. The molecule has 0 amide bonds. The Bertz CT molecular complexity index is 325. The molecule has 13 heavy (non-hydrogen) atoms. The van der Waals surface area contributed by atoms with Crippen LogP contribution in [-0.2, 0) is 4.79 Å². The first-order chi connectivity index (χ1) is 6.09. The van der Waals surface area contributed by atoms with Gasteiger partial charge in [-0.2, -0.15) is 0 Å². The first kappa shape index (κ1) is 10.1. The quantitative estimate of drug-likeness (QED) is 0.751. The van der Waals surface area contributed by atoms with E-state index < -0.39 is 5.97 Å². The Morgan fingerprint density at radius 2 is 2.31 bits per heavy atom. The summed E-state index contributed by atoms with van der Waals surface area (Å²) in [6, 6.07) is 2.00. The molecule has 0 aromatic carbocycles. The van der Waals surface area contributed by atoms with Crippen LogP contribution in [-0.4, -0.2) is 21.8 Å². The summed E-state index contributed by atoms with van der Waals surface area (Å²) in [5.41, 5.74) is 2.13. The van der Waals surface area contributed by atoms with Crippen molar-refractivity contribution in [3.05, 3.63) is 23.4 Å². The van der Waals surface area contributed by atoms with E-state index >= 15 is 0 Å². The molecule has 1 N–H and O–H groups in total. The number of rotatable bonds is 3. The Balaban J connectivity index is 2.72. The van der Waals surface area contributed by atoms with E-state index in [1.807, 2.05) is 19.9 Å². The zero-order valence-corrected chi connectivity index (χ0v) is 8.39. The second kappa shape index (κ2) is 4.28. The van der Waals surface area contributed by atoms with Crippen LogP contribution >= 0.6 is 11.8 Å². The van der Waals surface area contributed by atoms with Crippen molar-refractivity contribution < 1.29 is 9.90 Å². The number of aromatic nitrogens is 1. The number of thioether (sulfide) groups is 1. The third kappa shape index (κ3) is 3.06. The Hall–Kier alpha value is -1.03. The molecule has 0 aliphatic rings. The highest BCUT2D eigenvalue weighted by Crippen LogP contribution is 2.19. The molecule has 1 aromatic rings. The predicted octanol–water partition coefficient (Wildman–Crippen LogP) is 1.88. The van der Waals surface area contributed by atoms with E-state index in [0.717, 1.165) is 16.2 Å². The van der Waals surface area contributed by atoms with Crippen LogP contribution in [0.3, 0.4) is 0 Å². The number of aliphatic carboxylic acids is 1. The van der Waals surface area contributed by atoms with Gasteiger partial charge in [0.2, 0.25) is 0 Å². The number of aryl methyl sites for hydroxylation is 2. The van der Waals surface area contributed by atoms with E-state index in [2.05, 4.69) is 4.98 Å². The maximum Gasteiger partial charge on any atom is 0.313 e. The summed E-state index contributed by atoms with van der Waals surface area (Å²) in [5.74, 6) is -0.747. The average Bonchev–Trinajstić information content (AvgIpc) is 2.02. The fourth-order valence-corrected chi connectivity index (χ4v) is 1.66. The van der Waals surface area contributed by atoms with Gasteiger partial charge in [0, 0.05) is 6.20 Å². The third-order valence-corrected chi connectivity index (χ3v) is 2.59. The van der Waals surface area contributed by atoms with Crippen LogP contribution < -0.4 is 0 Å². The number of hydrogen-bond donors (Lipinski definition) is 1. The minimum absolute atomic E-state index is 0.0664. The van der Waals surface area contributed by atoms with E-state index in [9.17, 15) is 4.79 Å². The molecule has 0 bridgehead atoms. The first-order valence-electron chi connectivity index (χ1n) is 3.87. The van der Waals surface area contributed by atoms with Crippen LogP contribution in [0.5, 0.6) is 0 Å². The fraction of sp³-hybridized carbons (Fsp3) is 0.333. The topological polar surface area (TPSA) is 50.2 Å². The van der Waals surface area contributed by atoms with Crippen molar-refractivity contribution in [3.8, 4) is 0 Å². The zero-order valence-electron chi connectivity index (χ0n) is 7.57. The summed E-state index contributed by atoms with van der Waals surface area (Å²) in [6.07, 6.45) is 1.75. The average molecular weight is 197 g/mol. The van der Waals surface area contributed by atoms with Gasteiger partial charge in [-0.25, -0.2) is 4.98 Å². The van der Waals surface area contributed by atoms with E-state index in [1.165, 1.54) is 11.8 Å². The summed E-state index contributed by atoms with van der Waals surface area (Å²) in [5, 5.41) is 9.27. The van der Waals surface area contributed by atoms with Crippen molar-refractivity contribution in [2.45, 2.75) is 18.9 Å². The lowest BCUT2D eigenvalue weighted by Crippen LogP contribution is -1.99. The standard InChI is InChI=1S/C9H11NO2S/c1-6-3-7(2)9(10-4-6)13-5-8(11)12/h3-4H,5H2,1-2H3,(H,11,12). The molecule has 0 saturated carbocycles. The second-order valence-electron chi connectivity index (χ2n) is 2.82. The smallest absolute Gasteiger partial charge is 0.313 e. The van der Waals surface area contributed by atoms with Gasteiger partial charge in [0.1, 0.15) is 0 Å². The molecule has 0 saturated heterocycles. The molecule has 1 aromatic heterocycles. The van der Waals surface area contributed by atoms with Gasteiger partial charge in [-0.3, -0.25) is 4.79 Å². The number of carboxylic acids is 1. The van der Waals surface area contributed by atoms with Gasteiger partial charge in [0.15, 0.2) is 0 Å². The molecule has 4 heteroatoms. The van der Waals surface area contributed by atoms with Crippen LogP contribution in [0.1, 0.15) is 11.1 Å². The minimum Gasteiger partial charge on any atom is -0.481 e. The molecule has 1 heterocycles. The number of carbonyl (C=O) groups is 1. The third-order valence-electron chi connectivity index (χ3n) is 1.50. The molecule has 0 fully saturated rings. The zero-order chi connectivity index (χ0) is 9.84. The molecule has 0 aliphatic carbocycles. The Kier molecular flexibility index (Phi) is 3.31. The molecule has 0 unspecified atom stereocenters. The molecule has 0 aliphatic heterocycles. The molecule has 70 valence electrons. The fourth-order valence-electron chi connectivity index (χ4n) is 0.984. The molecule has 0 radical (unpaired) electrons. The van der Waals surface area contributed by atoms with Crippen molar-refractivity contribution >= 4 is 17.7 Å². The molecule has 1 rings (SSSR count). The van der Waals surface area contributed by atoms with Gasteiger partial charge in [-0.1, -0.05) is 17.8 Å². The number of nitrogens with zero attached hydrogens (tertiary/aromatic N) is 1. The van der Waals surface area contributed by atoms with Crippen molar-refractivity contribution in [1.29, 1.82) is 0 Å². The van der Waals surface area contributed by atoms with E-state index in [1.54, 1.807) is 6.20 Å². The van der Waals surface area contributed by atoms with E-state index in [4.69, 9.17) is 5.11 Å². The highest BCUT2D eigenvalue weighted by molar-refractivity contribution is 7.99. The maximum absolute atomic E-state index is 10.3. The van der Waals surface area contributed by atoms with Crippen molar-refractivity contribution in [1.82, 2.24) is 4.98 Å². The summed E-state index contributed by atoms with van der Waals surface area (Å²) in [7, 11) is 0. The first-order valence-corrected chi connectivity index (χ1v) is 4.86. The van der Waals surface area contributed by atoms with Gasteiger partial charge in [-0.05, 0) is 25.0 Å². The minimum atomic E-state index is -0.813. The van der Waals surface area contributed by atoms with Gasteiger partial charge in [0.05, 0.1) is 10.8 Å². The van der Waals surface area contributed by atoms with E-state index in [-0.39, 0.29) is 5.75 Å². The van der Waals surface area contributed by atoms with Crippen LogP contribution in [0.25, 0.3) is 0 Å². The monoisotopic (exact) mass is 197 g/mol. The molecule has 0 spiro atoms.